The standard InChI is InChI=1S/C18H24ClNO3/c1-22-16-11-13(10-14(19)17(16)23-2)18(21)20-9-5-7-12-6-3-4-8-15(12)20/h10-12,15H,3-9H2,1-2H3/t12-,15-/m0/s1. The molecular formula is C18H24ClNO3. The van der Waals surface area contributed by atoms with Gasteiger partial charge in [-0.3, -0.25) is 4.79 Å². The van der Waals surface area contributed by atoms with Crippen molar-refractivity contribution in [3.05, 3.63) is 22.7 Å². The van der Waals surface area contributed by atoms with Crippen molar-refractivity contribution in [1.29, 1.82) is 0 Å². The molecule has 1 aliphatic heterocycles. The average molecular weight is 338 g/mol. The van der Waals surface area contributed by atoms with Gasteiger partial charge in [-0.25, -0.2) is 0 Å². The van der Waals surface area contributed by atoms with Crippen LogP contribution in [0.3, 0.4) is 0 Å². The number of rotatable bonds is 3. The summed E-state index contributed by atoms with van der Waals surface area (Å²) in [6, 6.07) is 3.81. The van der Waals surface area contributed by atoms with E-state index in [0.717, 1.165) is 19.4 Å². The number of nitrogens with zero attached hydrogens (tertiary/aromatic N) is 1. The van der Waals surface area contributed by atoms with Crippen molar-refractivity contribution in [1.82, 2.24) is 4.90 Å². The molecule has 1 aromatic carbocycles. The number of methoxy groups -OCH3 is 2. The zero-order valence-corrected chi connectivity index (χ0v) is 14.6. The molecule has 0 radical (unpaired) electrons. The zero-order chi connectivity index (χ0) is 16.4. The topological polar surface area (TPSA) is 38.8 Å². The van der Waals surface area contributed by atoms with Crippen LogP contribution in [0.2, 0.25) is 5.02 Å². The van der Waals surface area contributed by atoms with Gasteiger partial charge in [-0.05, 0) is 43.7 Å². The molecule has 23 heavy (non-hydrogen) atoms. The molecule has 2 aliphatic rings. The molecule has 0 spiro atoms. The van der Waals surface area contributed by atoms with Crippen molar-refractivity contribution >= 4 is 17.5 Å². The predicted octanol–water partition coefficient (Wildman–Crippen LogP) is 4.15. The lowest BCUT2D eigenvalue weighted by atomic mass is 9.78. The lowest BCUT2D eigenvalue weighted by molar-refractivity contribution is 0.0390. The average Bonchev–Trinajstić information content (AvgIpc) is 2.59. The normalized spacial score (nSPS) is 24.0. The second-order valence-corrected chi connectivity index (χ2v) is 6.85. The third-order valence-electron chi connectivity index (χ3n) is 5.18. The number of ether oxygens (including phenoxy) is 2. The number of hydrogen-bond acceptors (Lipinski definition) is 3. The molecule has 1 aromatic rings. The molecular weight excluding hydrogens is 314 g/mol. The SMILES string of the molecule is COc1cc(C(=O)N2CCC[C@@H]3CCCC[C@@H]32)cc(Cl)c1OC. The molecule has 2 atom stereocenters. The van der Waals surface area contributed by atoms with Crippen LogP contribution in [0.1, 0.15) is 48.9 Å². The van der Waals surface area contributed by atoms with Gasteiger partial charge in [0.2, 0.25) is 0 Å². The van der Waals surface area contributed by atoms with Crippen LogP contribution in [0.5, 0.6) is 11.5 Å². The van der Waals surface area contributed by atoms with Crippen molar-refractivity contribution in [2.75, 3.05) is 20.8 Å². The molecule has 1 saturated carbocycles. The van der Waals surface area contributed by atoms with Gasteiger partial charge < -0.3 is 14.4 Å². The first-order chi connectivity index (χ1) is 11.2. The first-order valence-corrected chi connectivity index (χ1v) is 8.76. The van der Waals surface area contributed by atoms with Crippen LogP contribution in [0, 0.1) is 5.92 Å². The van der Waals surface area contributed by atoms with E-state index >= 15 is 0 Å². The highest BCUT2D eigenvalue weighted by atomic mass is 35.5. The Morgan fingerprint density at radius 3 is 2.61 bits per heavy atom. The first kappa shape index (κ1) is 16.4. The van der Waals surface area contributed by atoms with E-state index in [-0.39, 0.29) is 5.91 Å². The Morgan fingerprint density at radius 2 is 1.87 bits per heavy atom. The smallest absolute Gasteiger partial charge is 0.254 e. The minimum absolute atomic E-state index is 0.0597. The van der Waals surface area contributed by atoms with E-state index in [2.05, 4.69) is 4.90 Å². The summed E-state index contributed by atoms with van der Waals surface area (Å²) < 4.78 is 10.6. The van der Waals surface area contributed by atoms with Crippen LogP contribution in [-0.4, -0.2) is 37.6 Å². The van der Waals surface area contributed by atoms with Crippen molar-refractivity contribution in [2.24, 2.45) is 5.92 Å². The summed E-state index contributed by atoms with van der Waals surface area (Å²) >= 11 is 6.26. The third-order valence-corrected chi connectivity index (χ3v) is 5.47. The van der Waals surface area contributed by atoms with Gasteiger partial charge in [0.15, 0.2) is 11.5 Å². The maximum atomic E-state index is 13.0. The molecule has 126 valence electrons. The fourth-order valence-electron chi connectivity index (χ4n) is 4.08. The predicted molar refractivity (Wildman–Crippen MR) is 90.6 cm³/mol. The number of carbonyl (C=O) groups excluding carboxylic acids is 1. The summed E-state index contributed by atoms with van der Waals surface area (Å²) in [7, 11) is 3.10. The fraction of sp³-hybridized carbons (Fsp3) is 0.611. The minimum atomic E-state index is 0.0597. The Bertz CT molecular complexity index is 588. The minimum Gasteiger partial charge on any atom is -0.493 e. The summed E-state index contributed by atoms with van der Waals surface area (Å²) in [5.41, 5.74) is 0.582. The molecule has 4 nitrogen and oxygen atoms in total. The molecule has 0 aromatic heterocycles. The van der Waals surface area contributed by atoms with Gasteiger partial charge in [-0.1, -0.05) is 24.4 Å². The zero-order valence-electron chi connectivity index (χ0n) is 13.8. The number of amides is 1. The van der Waals surface area contributed by atoms with Crippen LogP contribution in [0.15, 0.2) is 12.1 Å². The molecule has 1 saturated heterocycles. The lowest BCUT2D eigenvalue weighted by Gasteiger charge is -2.44. The molecule has 0 bridgehead atoms. The van der Waals surface area contributed by atoms with Gasteiger partial charge in [0, 0.05) is 18.2 Å². The van der Waals surface area contributed by atoms with E-state index in [9.17, 15) is 4.79 Å². The quantitative estimate of drug-likeness (QED) is 0.831. The number of hydrogen-bond donors (Lipinski definition) is 0. The molecule has 2 fully saturated rings. The maximum Gasteiger partial charge on any atom is 0.254 e. The Balaban J connectivity index is 1.88. The number of fused-ring (bicyclic) bond motifs is 1. The Labute approximate surface area is 142 Å². The van der Waals surface area contributed by atoms with Gasteiger partial charge in [-0.2, -0.15) is 0 Å². The molecule has 0 unspecified atom stereocenters. The van der Waals surface area contributed by atoms with Gasteiger partial charge in [-0.15, -0.1) is 0 Å². The first-order valence-electron chi connectivity index (χ1n) is 8.38. The highest BCUT2D eigenvalue weighted by Crippen LogP contribution is 2.39. The fourth-order valence-corrected chi connectivity index (χ4v) is 4.37. The second kappa shape index (κ2) is 7.00. The lowest BCUT2D eigenvalue weighted by Crippen LogP contribution is -2.49. The number of halogens is 1. The van der Waals surface area contributed by atoms with Gasteiger partial charge in [0.25, 0.3) is 5.91 Å². The largest absolute Gasteiger partial charge is 0.493 e. The van der Waals surface area contributed by atoms with Crippen molar-refractivity contribution in [3.8, 4) is 11.5 Å². The highest BCUT2D eigenvalue weighted by Gasteiger charge is 2.36. The number of likely N-dealkylation sites (tertiary alicyclic amines) is 1. The number of benzene rings is 1. The van der Waals surface area contributed by atoms with E-state index < -0.39 is 0 Å². The molecule has 0 N–H and O–H groups in total. The summed E-state index contributed by atoms with van der Waals surface area (Å²) in [4.78, 5) is 15.1. The third kappa shape index (κ3) is 3.14. The van der Waals surface area contributed by atoms with Gasteiger partial charge >= 0.3 is 0 Å². The van der Waals surface area contributed by atoms with E-state index in [1.54, 1.807) is 26.4 Å². The van der Waals surface area contributed by atoms with Crippen LogP contribution < -0.4 is 9.47 Å². The van der Waals surface area contributed by atoms with E-state index in [1.807, 2.05) is 0 Å². The van der Waals surface area contributed by atoms with Crippen molar-refractivity contribution in [3.63, 3.8) is 0 Å². The summed E-state index contributed by atoms with van der Waals surface area (Å²) in [5, 5.41) is 0.410. The van der Waals surface area contributed by atoms with Crippen LogP contribution in [0.25, 0.3) is 0 Å². The Kier molecular flexibility index (Phi) is 5.00. The monoisotopic (exact) mass is 337 g/mol. The van der Waals surface area contributed by atoms with Crippen LogP contribution in [0.4, 0.5) is 0 Å². The van der Waals surface area contributed by atoms with E-state index in [4.69, 9.17) is 21.1 Å². The summed E-state index contributed by atoms with van der Waals surface area (Å²) in [6.45, 7) is 0.839. The van der Waals surface area contributed by atoms with E-state index in [0.29, 0.717) is 34.0 Å². The van der Waals surface area contributed by atoms with E-state index in [1.165, 1.54) is 25.7 Å². The number of carbonyl (C=O) groups is 1. The van der Waals surface area contributed by atoms with Crippen LogP contribution in [-0.2, 0) is 0 Å². The molecule has 3 rings (SSSR count). The van der Waals surface area contributed by atoms with Gasteiger partial charge in [0.1, 0.15) is 0 Å². The van der Waals surface area contributed by atoms with Crippen molar-refractivity contribution in [2.45, 2.75) is 44.6 Å². The van der Waals surface area contributed by atoms with Gasteiger partial charge in [0.05, 0.1) is 19.2 Å². The number of piperidine rings is 1. The Hall–Kier alpha value is -1.42. The van der Waals surface area contributed by atoms with Crippen molar-refractivity contribution < 1.29 is 14.3 Å². The highest BCUT2D eigenvalue weighted by molar-refractivity contribution is 6.32. The Morgan fingerprint density at radius 1 is 1.13 bits per heavy atom. The second-order valence-electron chi connectivity index (χ2n) is 6.45. The summed E-state index contributed by atoms with van der Waals surface area (Å²) in [5.74, 6) is 1.70. The van der Waals surface area contributed by atoms with Crippen LogP contribution >= 0.6 is 11.6 Å². The molecule has 1 heterocycles. The summed E-state index contributed by atoms with van der Waals surface area (Å²) in [6.07, 6.45) is 7.23. The molecule has 1 aliphatic carbocycles. The molecule has 1 amide bonds. The molecule has 5 heteroatoms. The maximum absolute atomic E-state index is 13.0.